The van der Waals surface area contributed by atoms with Crippen LogP contribution in [0.3, 0.4) is 0 Å². The molecule has 0 aromatic heterocycles. The summed E-state index contributed by atoms with van der Waals surface area (Å²) in [4.78, 5) is 0.283. The number of sulfonamides is 1. The van der Waals surface area contributed by atoms with Gasteiger partial charge in [-0.1, -0.05) is 0 Å². The van der Waals surface area contributed by atoms with Crippen LogP contribution in [0.5, 0.6) is 0 Å². The van der Waals surface area contributed by atoms with Gasteiger partial charge >= 0.3 is 0 Å². The number of nitrogens with one attached hydrogen (secondary N) is 2. The minimum Gasteiger partial charge on any atom is -0.385 e. The minimum atomic E-state index is -3.51. The van der Waals surface area contributed by atoms with Crippen molar-refractivity contribution in [2.45, 2.75) is 37.1 Å². The summed E-state index contributed by atoms with van der Waals surface area (Å²) in [6, 6.07) is 6.79. The Bertz CT molecular complexity index is 534. The van der Waals surface area contributed by atoms with E-state index in [9.17, 15) is 8.42 Å². The first-order chi connectivity index (χ1) is 9.45. The molecule has 112 valence electrons. The summed E-state index contributed by atoms with van der Waals surface area (Å²) >= 11 is 0. The predicted molar refractivity (Wildman–Crippen MR) is 79.4 cm³/mol. The van der Waals surface area contributed by atoms with Crippen LogP contribution in [0.15, 0.2) is 29.2 Å². The number of hydrogen-bond acceptors (Lipinski definition) is 4. The Hall–Kier alpha value is -1.11. The van der Waals surface area contributed by atoms with E-state index in [1.165, 1.54) is 0 Å². The van der Waals surface area contributed by atoms with Crippen molar-refractivity contribution in [3.05, 3.63) is 24.3 Å². The van der Waals surface area contributed by atoms with Crippen LogP contribution in [0.2, 0.25) is 0 Å². The summed E-state index contributed by atoms with van der Waals surface area (Å²) in [5.41, 5.74) is 0.399. The minimum absolute atomic E-state index is 0.283. The third-order valence-electron chi connectivity index (χ3n) is 3.36. The largest absolute Gasteiger partial charge is 0.385 e. The molecular formula is C14H22N2O3S. The molecule has 2 N–H and O–H groups in total. The fourth-order valence-electron chi connectivity index (χ4n) is 2.35. The second kappa shape index (κ2) is 6.11. The van der Waals surface area contributed by atoms with Gasteiger partial charge in [0.05, 0.1) is 17.0 Å². The van der Waals surface area contributed by atoms with Crippen LogP contribution in [-0.4, -0.2) is 33.7 Å². The van der Waals surface area contributed by atoms with E-state index in [1.54, 1.807) is 24.3 Å². The summed E-state index contributed by atoms with van der Waals surface area (Å²) in [6.07, 6.45) is 1.67. The van der Waals surface area contributed by atoms with Crippen molar-refractivity contribution in [1.29, 1.82) is 0 Å². The Morgan fingerprint density at radius 2 is 2.00 bits per heavy atom. The van der Waals surface area contributed by atoms with Crippen molar-refractivity contribution >= 4 is 15.7 Å². The van der Waals surface area contributed by atoms with Crippen LogP contribution in [0, 0.1) is 0 Å². The van der Waals surface area contributed by atoms with E-state index in [1.807, 2.05) is 13.8 Å². The average molecular weight is 298 g/mol. The monoisotopic (exact) mass is 298 g/mol. The Morgan fingerprint density at radius 1 is 1.30 bits per heavy atom. The maximum absolute atomic E-state index is 12.4. The topological polar surface area (TPSA) is 67.4 Å². The van der Waals surface area contributed by atoms with Crippen LogP contribution >= 0.6 is 0 Å². The van der Waals surface area contributed by atoms with Gasteiger partial charge in [0.2, 0.25) is 10.0 Å². The molecule has 1 fully saturated rings. The van der Waals surface area contributed by atoms with Gasteiger partial charge in [0.25, 0.3) is 0 Å². The lowest BCUT2D eigenvalue weighted by molar-refractivity contribution is 0.0386. The van der Waals surface area contributed by atoms with E-state index in [0.717, 1.165) is 25.1 Å². The molecular weight excluding hydrogens is 276 g/mol. The molecule has 6 heteroatoms. The van der Waals surface area contributed by atoms with Crippen molar-refractivity contribution in [3.63, 3.8) is 0 Å². The van der Waals surface area contributed by atoms with E-state index in [4.69, 9.17) is 4.74 Å². The lowest BCUT2D eigenvalue weighted by Crippen LogP contribution is -2.51. The molecule has 2 rings (SSSR count). The Balaban J connectivity index is 2.13. The van der Waals surface area contributed by atoms with Crippen LogP contribution < -0.4 is 10.0 Å². The van der Waals surface area contributed by atoms with E-state index in [2.05, 4.69) is 10.0 Å². The molecule has 20 heavy (non-hydrogen) atoms. The molecule has 0 aliphatic carbocycles. The van der Waals surface area contributed by atoms with Gasteiger partial charge in [-0.25, -0.2) is 13.1 Å². The molecule has 1 aromatic carbocycles. The SMILES string of the molecule is CCNc1ccc(S(=O)(=O)NC2(C)CCCOC2)cc1. The number of ether oxygens (including phenoxy) is 1. The highest BCUT2D eigenvalue weighted by atomic mass is 32.2. The Labute approximate surface area is 120 Å². The van der Waals surface area contributed by atoms with Crippen molar-refractivity contribution in [3.8, 4) is 0 Å². The lowest BCUT2D eigenvalue weighted by atomic mass is 9.97. The Morgan fingerprint density at radius 3 is 2.55 bits per heavy atom. The molecule has 0 saturated carbocycles. The molecule has 1 unspecified atom stereocenters. The first-order valence-electron chi connectivity index (χ1n) is 6.91. The van der Waals surface area contributed by atoms with Gasteiger partial charge in [-0.05, 0) is 51.0 Å². The van der Waals surface area contributed by atoms with Gasteiger partial charge in [-0.2, -0.15) is 0 Å². The third kappa shape index (κ3) is 3.71. The van der Waals surface area contributed by atoms with E-state index < -0.39 is 15.6 Å². The molecule has 0 amide bonds. The molecule has 0 bridgehead atoms. The molecule has 1 heterocycles. The van der Waals surface area contributed by atoms with Crippen LogP contribution in [0.1, 0.15) is 26.7 Å². The summed E-state index contributed by atoms with van der Waals surface area (Å²) in [5, 5.41) is 3.14. The fourth-order valence-corrected chi connectivity index (χ4v) is 3.78. The standard InChI is InChI=1S/C14H22N2O3S/c1-3-15-12-5-7-13(8-6-12)20(17,18)16-14(2)9-4-10-19-11-14/h5-8,15-16H,3-4,9-11H2,1-2H3. The van der Waals surface area contributed by atoms with Gasteiger partial charge in [0, 0.05) is 18.8 Å². The third-order valence-corrected chi connectivity index (χ3v) is 5.02. The maximum Gasteiger partial charge on any atom is 0.241 e. The number of rotatable bonds is 5. The van der Waals surface area contributed by atoms with Gasteiger partial charge in [-0.3, -0.25) is 0 Å². The molecule has 0 radical (unpaired) electrons. The van der Waals surface area contributed by atoms with Crippen molar-refractivity contribution in [2.24, 2.45) is 0 Å². The van der Waals surface area contributed by atoms with Crippen molar-refractivity contribution in [2.75, 3.05) is 25.1 Å². The summed E-state index contributed by atoms with van der Waals surface area (Å²) in [7, 11) is -3.51. The van der Waals surface area contributed by atoms with Gasteiger partial charge in [0.15, 0.2) is 0 Å². The molecule has 0 spiro atoms. The Kier molecular flexibility index (Phi) is 4.67. The quantitative estimate of drug-likeness (QED) is 0.872. The molecule has 1 saturated heterocycles. The zero-order valence-corrected chi connectivity index (χ0v) is 12.8. The fraction of sp³-hybridized carbons (Fsp3) is 0.571. The molecule has 5 nitrogen and oxygen atoms in total. The number of anilines is 1. The second-order valence-electron chi connectivity index (χ2n) is 5.38. The number of benzene rings is 1. The normalized spacial score (nSPS) is 23.5. The van der Waals surface area contributed by atoms with Gasteiger partial charge in [0.1, 0.15) is 0 Å². The van der Waals surface area contributed by atoms with Crippen LogP contribution in [0.25, 0.3) is 0 Å². The summed E-state index contributed by atoms with van der Waals surface area (Å²) < 4.78 is 32.9. The first-order valence-corrected chi connectivity index (χ1v) is 8.39. The van der Waals surface area contributed by atoms with Crippen molar-refractivity contribution in [1.82, 2.24) is 4.72 Å². The van der Waals surface area contributed by atoms with Gasteiger partial charge < -0.3 is 10.1 Å². The zero-order chi connectivity index (χ0) is 14.6. The molecule has 1 aliphatic rings. The van der Waals surface area contributed by atoms with Gasteiger partial charge in [-0.15, -0.1) is 0 Å². The maximum atomic E-state index is 12.4. The van der Waals surface area contributed by atoms with Crippen LogP contribution in [0.4, 0.5) is 5.69 Å². The first kappa shape index (κ1) is 15.3. The van der Waals surface area contributed by atoms with E-state index in [0.29, 0.717) is 13.2 Å². The highest BCUT2D eigenvalue weighted by Crippen LogP contribution is 2.22. The molecule has 1 aliphatic heterocycles. The van der Waals surface area contributed by atoms with Crippen LogP contribution in [-0.2, 0) is 14.8 Å². The number of hydrogen-bond donors (Lipinski definition) is 2. The smallest absolute Gasteiger partial charge is 0.241 e. The zero-order valence-electron chi connectivity index (χ0n) is 12.0. The summed E-state index contributed by atoms with van der Waals surface area (Å²) in [6.45, 7) is 5.81. The highest BCUT2D eigenvalue weighted by molar-refractivity contribution is 7.89. The molecule has 1 atom stereocenters. The highest BCUT2D eigenvalue weighted by Gasteiger charge is 2.32. The summed E-state index contributed by atoms with van der Waals surface area (Å²) in [5.74, 6) is 0. The van der Waals surface area contributed by atoms with Crippen molar-refractivity contribution < 1.29 is 13.2 Å². The average Bonchev–Trinajstić information content (AvgIpc) is 2.39. The molecule has 1 aromatic rings. The lowest BCUT2D eigenvalue weighted by Gasteiger charge is -2.33. The van der Waals surface area contributed by atoms with E-state index >= 15 is 0 Å². The predicted octanol–water partition coefficient (Wildman–Crippen LogP) is 1.97. The van der Waals surface area contributed by atoms with E-state index in [-0.39, 0.29) is 4.90 Å². The second-order valence-corrected chi connectivity index (χ2v) is 7.06.